The first-order valence-electron chi connectivity index (χ1n) is 8.80. The maximum absolute atomic E-state index is 11.9. The van der Waals surface area contributed by atoms with Crippen molar-refractivity contribution < 1.29 is 9.53 Å². The van der Waals surface area contributed by atoms with Crippen LogP contribution in [0.1, 0.15) is 22.5 Å². The van der Waals surface area contributed by atoms with E-state index in [4.69, 9.17) is 4.74 Å². The number of aromatic nitrogens is 1. The summed E-state index contributed by atoms with van der Waals surface area (Å²) < 4.78 is 7.62. The lowest BCUT2D eigenvalue weighted by Gasteiger charge is -2.09. The highest BCUT2D eigenvalue weighted by Gasteiger charge is 2.09. The quantitative estimate of drug-likeness (QED) is 0.534. The molecule has 0 aliphatic rings. The van der Waals surface area contributed by atoms with Crippen molar-refractivity contribution in [2.24, 2.45) is 5.10 Å². The Labute approximate surface area is 159 Å². The maximum Gasteiger partial charge on any atom is 0.277 e. The molecular formula is C22H23N3O2. The second kappa shape index (κ2) is 8.36. The van der Waals surface area contributed by atoms with Crippen LogP contribution < -0.4 is 10.2 Å². The van der Waals surface area contributed by atoms with Gasteiger partial charge in [0, 0.05) is 22.6 Å². The molecule has 5 heteroatoms. The number of amides is 1. The molecule has 1 aromatic heterocycles. The van der Waals surface area contributed by atoms with Gasteiger partial charge in [-0.3, -0.25) is 4.79 Å². The summed E-state index contributed by atoms with van der Waals surface area (Å²) in [5.74, 6) is 0.366. The molecule has 3 aromatic rings. The number of carbonyl (C=O) groups is 1. The first kappa shape index (κ1) is 18.5. The molecule has 0 radical (unpaired) electrons. The molecule has 0 saturated heterocycles. The van der Waals surface area contributed by atoms with Gasteiger partial charge in [-0.15, -0.1) is 0 Å². The number of aryl methyl sites for hydroxylation is 2. The second-order valence-electron chi connectivity index (χ2n) is 6.40. The van der Waals surface area contributed by atoms with Crippen LogP contribution in [0.2, 0.25) is 0 Å². The van der Waals surface area contributed by atoms with Crippen molar-refractivity contribution in [3.8, 4) is 11.4 Å². The van der Waals surface area contributed by atoms with Gasteiger partial charge in [0.05, 0.1) is 6.21 Å². The largest absolute Gasteiger partial charge is 0.484 e. The van der Waals surface area contributed by atoms with Crippen LogP contribution in [0.3, 0.4) is 0 Å². The van der Waals surface area contributed by atoms with Crippen molar-refractivity contribution in [1.29, 1.82) is 0 Å². The lowest BCUT2D eigenvalue weighted by atomic mass is 10.2. The summed E-state index contributed by atoms with van der Waals surface area (Å²) in [6.45, 7) is 5.97. The molecule has 1 heterocycles. The van der Waals surface area contributed by atoms with E-state index in [2.05, 4.69) is 27.2 Å². The van der Waals surface area contributed by atoms with E-state index in [0.29, 0.717) is 5.75 Å². The maximum atomic E-state index is 11.9. The zero-order valence-corrected chi connectivity index (χ0v) is 15.8. The van der Waals surface area contributed by atoms with Crippen molar-refractivity contribution >= 4 is 12.1 Å². The van der Waals surface area contributed by atoms with E-state index in [1.165, 1.54) is 0 Å². The molecule has 0 fully saturated rings. The van der Waals surface area contributed by atoms with Crippen LogP contribution >= 0.6 is 0 Å². The normalized spacial score (nSPS) is 10.9. The van der Waals surface area contributed by atoms with Gasteiger partial charge < -0.3 is 9.30 Å². The minimum absolute atomic E-state index is 0.0795. The third-order valence-electron chi connectivity index (χ3n) is 4.24. The fourth-order valence-corrected chi connectivity index (χ4v) is 2.95. The number of hydrazone groups is 1. The Kier molecular flexibility index (Phi) is 5.71. The molecule has 3 rings (SSSR count). The van der Waals surface area contributed by atoms with E-state index in [1.807, 2.05) is 69.3 Å². The minimum Gasteiger partial charge on any atom is -0.484 e. The van der Waals surface area contributed by atoms with Gasteiger partial charge in [0.2, 0.25) is 0 Å². The number of nitrogens with one attached hydrogen (secondary N) is 1. The lowest BCUT2D eigenvalue weighted by molar-refractivity contribution is -0.123. The van der Waals surface area contributed by atoms with Gasteiger partial charge in [0.1, 0.15) is 5.75 Å². The summed E-state index contributed by atoms with van der Waals surface area (Å²) in [5.41, 5.74) is 7.81. The number of hydrogen-bond acceptors (Lipinski definition) is 3. The highest BCUT2D eigenvalue weighted by atomic mass is 16.5. The monoisotopic (exact) mass is 361 g/mol. The molecule has 0 saturated carbocycles. The Hall–Kier alpha value is -3.34. The van der Waals surface area contributed by atoms with E-state index >= 15 is 0 Å². The summed E-state index contributed by atoms with van der Waals surface area (Å²) in [6.07, 6.45) is 1.66. The molecule has 0 unspecified atom stereocenters. The number of para-hydroxylation sites is 1. The lowest BCUT2D eigenvalue weighted by Crippen LogP contribution is -2.24. The first-order chi connectivity index (χ1) is 13.0. The second-order valence-corrected chi connectivity index (χ2v) is 6.40. The Balaban J connectivity index is 1.61. The molecule has 0 aliphatic carbocycles. The Morgan fingerprint density at radius 2 is 1.85 bits per heavy atom. The molecule has 5 nitrogen and oxygen atoms in total. The molecule has 1 N–H and O–H groups in total. The average Bonchev–Trinajstić information content (AvgIpc) is 2.94. The van der Waals surface area contributed by atoms with Crippen LogP contribution in [0.4, 0.5) is 0 Å². The van der Waals surface area contributed by atoms with Crippen LogP contribution in [0, 0.1) is 20.8 Å². The molecule has 138 valence electrons. The number of rotatable bonds is 6. The highest BCUT2D eigenvalue weighted by Crippen LogP contribution is 2.19. The van der Waals surface area contributed by atoms with E-state index in [0.717, 1.165) is 28.2 Å². The summed E-state index contributed by atoms with van der Waals surface area (Å²) in [6, 6.07) is 19.8. The molecule has 2 aromatic carbocycles. The van der Waals surface area contributed by atoms with E-state index in [-0.39, 0.29) is 12.5 Å². The Morgan fingerprint density at radius 1 is 1.07 bits per heavy atom. The van der Waals surface area contributed by atoms with Crippen molar-refractivity contribution in [3.05, 3.63) is 83.2 Å². The van der Waals surface area contributed by atoms with Gasteiger partial charge in [-0.05, 0) is 56.7 Å². The van der Waals surface area contributed by atoms with Gasteiger partial charge in [0.25, 0.3) is 5.91 Å². The Bertz CT molecular complexity index is 959. The van der Waals surface area contributed by atoms with Crippen LogP contribution in [-0.4, -0.2) is 23.3 Å². The van der Waals surface area contributed by atoms with Gasteiger partial charge in [-0.2, -0.15) is 5.10 Å². The molecule has 0 aliphatic heterocycles. The molecule has 1 amide bonds. The number of benzene rings is 2. The SMILES string of the molecule is Cc1cccc(OCC(=O)N/N=C\c2cc(C)n(-c3ccccc3)c2C)c1. The van der Waals surface area contributed by atoms with Crippen LogP contribution in [0.5, 0.6) is 5.75 Å². The topological polar surface area (TPSA) is 55.6 Å². The van der Waals surface area contributed by atoms with E-state index in [1.54, 1.807) is 6.21 Å². The average molecular weight is 361 g/mol. The van der Waals surface area contributed by atoms with Crippen LogP contribution in [0.15, 0.2) is 65.8 Å². The third kappa shape index (κ3) is 4.64. The number of hydrogen-bond donors (Lipinski definition) is 1. The molecule has 0 spiro atoms. The summed E-state index contributed by atoms with van der Waals surface area (Å²) in [4.78, 5) is 11.9. The van der Waals surface area contributed by atoms with Gasteiger partial charge >= 0.3 is 0 Å². The van der Waals surface area contributed by atoms with Crippen molar-refractivity contribution in [1.82, 2.24) is 9.99 Å². The zero-order chi connectivity index (χ0) is 19.2. The fraction of sp³-hybridized carbons (Fsp3) is 0.182. The standard InChI is InChI=1S/C22H23N3O2/c1-16-8-7-11-21(12-16)27-15-22(26)24-23-14-19-13-17(2)25(18(19)3)20-9-5-4-6-10-20/h4-14H,15H2,1-3H3,(H,24,26)/b23-14-. The van der Waals surface area contributed by atoms with Crippen molar-refractivity contribution in [2.45, 2.75) is 20.8 Å². The predicted molar refractivity (Wildman–Crippen MR) is 108 cm³/mol. The van der Waals surface area contributed by atoms with Gasteiger partial charge in [0.15, 0.2) is 6.61 Å². The summed E-state index contributed by atoms with van der Waals surface area (Å²) in [7, 11) is 0. The number of nitrogens with zero attached hydrogens (tertiary/aromatic N) is 2. The van der Waals surface area contributed by atoms with Crippen molar-refractivity contribution in [3.63, 3.8) is 0 Å². The summed E-state index contributed by atoms with van der Waals surface area (Å²) >= 11 is 0. The fourth-order valence-electron chi connectivity index (χ4n) is 2.95. The molecule has 0 atom stereocenters. The van der Waals surface area contributed by atoms with E-state index < -0.39 is 0 Å². The van der Waals surface area contributed by atoms with Crippen LogP contribution in [-0.2, 0) is 4.79 Å². The van der Waals surface area contributed by atoms with E-state index in [9.17, 15) is 4.79 Å². The predicted octanol–water partition coefficient (Wildman–Crippen LogP) is 3.93. The molecule has 27 heavy (non-hydrogen) atoms. The zero-order valence-electron chi connectivity index (χ0n) is 15.8. The minimum atomic E-state index is -0.301. The first-order valence-corrected chi connectivity index (χ1v) is 8.80. The molecular weight excluding hydrogens is 338 g/mol. The Morgan fingerprint density at radius 3 is 2.59 bits per heavy atom. The smallest absolute Gasteiger partial charge is 0.277 e. The molecule has 0 bridgehead atoms. The van der Waals surface area contributed by atoms with Crippen molar-refractivity contribution in [2.75, 3.05) is 6.61 Å². The van der Waals surface area contributed by atoms with Gasteiger partial charge in [-0.1, -0.05) is 30.3 Å². The number of carbonyl (C=O) groups excluding carboxylic acids is 1. The highest BCUT2D eigenvalue weighted by molar-refractivity contribution is 5.84. The number of ether oxygens (including phenoxy) is 1. The van der Waals surface area contributed by atoms with Gasteiger partial charge in [-0.25, -0.2) is 5.43 Å². The van der Waals surface area contributed by atoms with Crippen LogP contribution in [0.25, 0.3) is 5.69 Å². The summed E-state index contributed by atoms with van der Waals surface area (Å²) in [5, 5.41) is 4.06. The third-order valence-corrected chi connectivity index (χ3v) is 4.24.